The highest BCUT2D eigenvalue weighted by Crippen LogP contribution is 2.24. The molecule has 108 valence electrons. The average molecular weight is 280 g/mol. The molecule has 3 heteroatoms. The summed E-state index contributed by atoms with van der Waals surface area (Å²) in [4.78, 5) is 13.7. The fraction of sp³-hybridized carbons (Fsp3) is 0.278. The van der Waals surface area contributed by atoms with E-state index in [1.165, 1.54) is 11.1 Å². The topological polar surface area (TPSA) is 32.3 Å². The molecule has 1 heterocycles. The quantitative estimate of drug-likeness (QED) is 0.925. The third kappa shape index (κ3) is 3.24. The number of amides is 1. The Labute approximate surface area is 125 Å². The molecule has 1 aliphatic rings. The Balaban J connectivity index is 1.70. The first-order valence-electron chi connectivity index (χ1n) is 7.42. The SMILES string of the molecule is Cc1cccc(CNc2cccc(N3CCCC3=O)c2)c1. The summed E-state index contributed by atoms with van der Waals surface area (Å²) >= 11 is 0. The molecule has 0 bridgehead atoms. The van der Waals surface area contributed by atoms with E-state index >= 15 is 0 Å². The van der Waals surface area contributed by atoms with Gasteiger partial charge in [-0.15, -0.1) is 0 Å². The number of hydrogen-bond donors (Lipinski definition) is 1. The molecule has 1 fully saturated rings. The van der Waals surface area contributed by atoms with Gasteiger partial charge in [0.2, 0.25) is 5.91 Å². The molecule has 2 aromatic rings. The Kier molecular flexibility index (Phi) is 3.91. The van der Waals surface area contributed by atoms with Crippen LogP contribution in [0.25, 0.3) is 0 Å². The van der Waals surface area contributed by atoms with Crippen molar-refractivity contribution in [3.8, 4) is 0 Å². The van der Waals surface area contributed by atoms with Gasteiger partial charge in [-0.1, -0.05) is 35.9 Å². The molecular weight excluding hydrogens is 260 g/mol. The van der Waals surface area contributed by atoms with Crippen molar-refractivity contribution < 1.29 is 4.79 Å². The van der Waals surface area contributed by atoms with Crippen molar-refractivity contribution in [1.82, 2.24) is 0 Å². The molecule has 0 saturated carbocycles. The zero-order valence-electron chi connectivity index (χ0n) is 12.3. The van der Waals surface area contributed by atoms with Crippen LogP contribution in [0, 0.1) is 6.92 Å². The predicted octanol–water partition coefficient (Wildman–Crippen LogP) is 3.73. The van der Waals surface area contributed by atoms with Gasteiger partial charge in [0.05, 0.1) is 0 Å². The van der Waals surface area contributed by atoms with E-state index in [1.807, 2.05) is 23.1 Å². The molecule has 21 heavy (non-hydrogen) atoms. The first kappa shape index (κ1) is 13.7. The molecule has 0 radical (unpaired) electrons. The van der Waals surface area contributed by atoms with Crippen molar-refractivity contribution in [1.29, 1.82) is 0 Å². The molecule has 0 aliphatic carbocycles. The van der Waals surface area contributed by atoms with E-state index in [9.17, 15) is 4.79 Å². The number of nitrogens with one attached hydrogen (secondary N) is 1. The van der Waals surface area contributed by atoms with Crippen molar-refractivity contribution in [3.63, 3.8) is 0 Å². The molecule has 1 N–H and O–H groups in total. The van der Waals surface area contributed by atoms with Crippen LogP contribution in [0.2, 0.25) is 0 Å². The van der Waals surface area contributed by atoms with E-state index < -0.39 is 0 Å². The van der Waals surface area contributed by atoms with Crippen LogP contribution < -0.4 is 10.2 Å². The second-order valence-electron chi connectivity index (χ2n) is 5.54. The highest BCUT2D eigenvalue weighted by atomic mass is 16.2. The summed E-state index contributed by atoms with van der Waals surface area (Å²) in [5.41, 5.74) is 4.57. The van der Waals surface area contributed by atoms with Gasteiger partial charge in [-0.05, 0) is 37.1 Å². The zero-order chi connectivity index (χ0) is 14.7. The minimum atomic E-state index is 0.228. The van der Waals surface area contributed by atoms with E-state index in [0.29, 0.717) is 6.42 Å². The van der Waals surface area contributed by atoms with E-state index in [1.54, 1.807) is 0 Å². The fourth-order valence-electron chi connectivity index (χ4n) is 2.73. The van der Waals surface area contributed by atoms with Crippen LogP contribution in [-0.4, -0.2) is 12.5 Å². The summed E-state index contributed by atoms with van der Waals surface area (Å²) in [5, 5.41) is 3.43. The maximum Gasteiger partial charge on any atom is 0.227 e. The maximum atomic E-state index is 11.8. The monoisotopic (exact) mass is 280 g/mol. The normalized spacial score (nSPS) is 14.5. The molecular formula is C18H20N2O. The van der Waals surface area contributed by atoms with Gasteiger partial charge in [0.15, 0.2) is 0 Å². The van der Waals surface area contributed by atoms with E-state index in [2.05, 4.69) is 42.6 Å². The van der Waals surface area contributed by atoms with Gasteiger partial charge in [-0.25, -0.2) is 0 Å². The van der Waals surface area contributed by atoms with Crippen LogP contribution >= 0.6 is 0 Å². The minimum Gasteiger partial charge on any atom is -0.381 e. The molecule has 1 aliphatic heterocycles. The largest absolute Gasteiger partial charge is 0.381 e. The molecule has 2 aromatic carbocycles. The number of anilines is 2. The first-order valence-corrected chi connectivity index (χ1v) is 7.42. The molecule has 0 spiro atoms. The van der Waals surface area contributed by atoms with E-state index in [0.717, 1.165) is 30.9 Å². The van der Waals surface area contributed by atoms with E-state index in [-0.39, 0.29) is 5.91 Å². The first-order chi connectivity index (χ1) is 10.2. The van der Waals surface area contributed by atoms with Crippen LogP contribution in [0.5, 0.6) is 0 Å². The number of benzene rings is 2. The number of rotatable bonds is 4. The molecule has 3 nitrogen and oxygen atoms in total. The number of carbonyl (C=O) groups is 1. The lowest BCUT2D eigenvalue weighted by molar-refractivity contribution is -0.117. The van der Waals surface area contributed by atoms with Gasteiger partial charge in [0, 0.05) is 30.9 Å². The second-order valence-corrected chi connectivity index (χ2v) is 5.54. The predicted molar refractivity (Wildman–Crippen MR) is 86.5 cm³/mol. The Morgan fingerprint density at radius 3 is 2.76 bits per heavy atom. The van der Waals surface area contributed by atoms with Gasteiger partial charge in [0.1, 0.15) is 0 Å². The highest BCUT2D eigenvalue weighted by Gasteiger charge is 2.21. The summed E-state index contributed by atoms with van der Waals surface area (Å²) in [6.45, 7) is 3.72. The lowest BCUT2D eigenvalue weighted by Gasteiger charge is -2.17. The third-order valence-corrected chi connectivity index (χ3v) is 3.81. The Morgan fingerprint density at radius 2 is 2.00 bits per heavy atom. The van der Waals surface area contributed by atoms with Crippen LogP contribution in [-0.2, 0) is 11.3 Å². The molecule has 3 rings (SSSR count). The maximum absolute atomic E-state index is 11.8. The molecule has 0 aromatic heterocycles. The standard InChI is InChI=1S/C18H20N2O/c1-14-5-2-6-15(11-14)13-19-16-7-3-8-17(12-16)20-10-4-9-18(20)21/h2-3,5-8,11-12,19H,4,9-10,13H2,1H3. The number of hydrogen-bond acceptors (Lipinski definition) is 2. The minimum absolute atomic E-state index is 0.228. The van der Waals surface area contributed by atoms with Crippen molar-refractivity contribution in [3.05, 3.63) is 59.7 Å². The van der Waals surface area contributed by atoms with Gasteiger partial charge in [-0.3, -0.25) is 4.79 Å². The summed E-state index contributed by atoms with van der Waals surface area (Å²) in [6, 6.07) is 16.6. The van der Waals surface area contributed by atoms with Crippen molar-refractivity contribution in [2.24, 2.45) is 0 Å². The Morgan fingerprint density at radius 1 is 1.14 bits per heavy atom. The summed E-state index contributed by atoms with van der Waals surface area (Å²) < 4.78 is 0. The highest BCUT2D eigenvalue weighted by molar-refractivity contribution is 5.95. The molecule has 0 unspecified atom stereocenters. The lowest BCUT2D eigenvalue weighted by Crippen LogP contribution is -2.23. The van der Waals surface area contributed by atoms with Gasteiger partial charge < -0.3 is 10.2 Å². The average Bonchev–Trinajstić information content (AvgIpc) is 2.92. The van der Waals surface area contributed by atoms with Crippen LogP contribution in [0.3, 0.4) is 0 Å². The number of aryl methyl sites for hydroxylation is 1. The van der Waals surface area contributed by atoms with Gasteiger partial charge in [0.25, 0.3) is 0 Å². The van der Waals surface area contributed by atoms with Gasteiger partial charge in [-0.2, -0.15) is 0 Å². The lowest BCUT2D eigenvalue weighted by atomic mass is 10.1. The van der Waals surface area contributed by atoms with Gasteiger partial charge >= 0.3 is 0 Å². The van der Waals surface area contributed by atoms with E-state index in [4.69, 9.17) is 0 Å². The molecule has 0 atom stereocenters. The summed E-state index contributed by atoms with van der Waals surface area (Å²) in [6.07, 6.45) is 1.63. The van der Waals surface area contributed by atoms with Crippen LogP contribution in [0.1, 0.15) is 24.0 Å². The van der Waals surface area contributed by atoms with Crippen LogP contribution in [0.15, 0.2) is 48.5 Å². The van der Waals surface area contributed by atoms with Crippen LogP contribution in [0.4, 0.5) is 11.4 Å². The fourth-order valence-corrected chi connectivity index (χ4v) is 2.73. The van der Waals surface area contributed by atoms with Crippen molar-refractivity contribution >= 4 is 17.3 Å². The Bertz CT molecular complexity index is 651. The molecule has 1 amide bonds. The summed E-state index contributed by atoms with van der Waals surface area (Å²) in [5.74, 6) is 0.228. The smallest absolute Gasteiger partial charge is 0.227 e. The Hall–Kier alpha value is -2.29. The molecule has 1 saturated heterocycles. The third-order valence-electron chi connectivity index (χ3n) is 3.81. The zero-order valence-corrected chi connectivity index (χ0v) is 12.3. The number of nitrogens with zero attached hydrogens (tertiary/aromatic N) is 1. The second kappa shape index (κ2) is 6.00. The summed E-state index contributed by atoms with van der Waals surface area (Å²) in [7, 11) is 0. The van der Waals surface area contributed by atoms with Crippen molar-refractivity contribution in [2.75, 3.05) is 16.8 Å². The number of carbonyl (C=O) groups excluding carboxylic acids is 1. The van der Waals surface area contributed by atoms with Crippen molar-refractivity contribution in [2.45, 2.75) is 26.3 Å².